The number of thiazole rings is 1. The number of anilines is 1. The smallest absolute Gasteiger partial charge is 0.297 e. The maximum Gasteiger partial charge on any atom is 0.297 e. The number of nitrogens with zero attached hydrogens (tertiary/aromatic N) is 2. The molecule has 0 aliphatic carbocycles. The number of ether oxygens (including phenoxy) is 1. The highest BCUT2D eigenvalue weighted by atomic mass is 32.1. The Morgan fingerprint density at radius 3 is 2.51 bits per heavy atom. The average Bonchev–Trinajstić information content (AvgIpc) is 3.46. The molecular formula is C30H21FN2O5S. The molecule has 1 amide bonds. The van der Waals surface area contributed by atoms with Gasteiger partial charge in [0, 0.05) is 6.92 Å². The van der Waals surface area contributed by atoms with E-state index in [1.165, 1.54) is 24.0 Å². The van der Waals surface area contributed by atoms with E-state index in [1.807, 2.05) is 30.3 Å². The monoisotopic (exact) mass is 540 g/mol. The summed E-state index contributed by atoms with van der Waals surface area (Å²) in [5.74, 6) is -0.853. The normalized spacial score (nSPS) is 14.6. The average molecular weight is 541 g/mol. The van der Waals surface area contributed by atoms with E-state index in [1.54, 1.807) is 31.2 Å². The number of rotatable bonds is 6. The minimum atomic E-state index is -0.898. The van der Waals surface area contributed by atoms with E-state index in [9.17, 15) is 18.8 Å². The standard InChI is InChI=1S/C30H21FN2O5S/c1-16-28(17(2)34)39-30(32-16)33-25(19-8-11-21(12-9-19)37-15-18-6-4-3-5-7-18)24-26(35)22-14-20(31)10-13-23(22)38-27(24)29(33)36/h3-14,25H,15H2,1-2H3. The Morgan fingerprint density at radius 1 is 1.08 bits per heavy atom. The van der Waals surface area contributed by atoms with E-state index in [-0.39, 0.29) is 33.2 Å². The molecule has 3 aromatic carbocycles. The number of aryl methyl sites for hydroxylation is 1. The van der Waals surface area contributed by atoms with Crippen molar-refractivity contribution >= 4 is 39.1 Å². The summed E-state index contributed by atoms with van der Waals surface area (Å²) in [6.45, 7) is 3.51. The first-order valence-corrected chi connectivity index (χ1v) is 13.0. The third kappa shape index (κ3) is 4.30. The van der Waals surface area contributed by atoms with Gasteiger partial charge in [0.15, 0.2) is 16.3 Å². The molecule has 0 fully saturated rings. The van der Waals surface area contributed by atoms with E-state index in [0.717, 1.165) is 23.0 Å². The van der Waals surface area contributed by atoms with Crippen molar-refractivity contribution in [3.05, 3.63) is 122 Å². The number of ketones is 1. The molecule has 0 N–H and O–H groups in total. The Kier molecular flexibility index (Phi) is 6.07. The second kappa shape index (κ2) is 9.59. The van der Waals surface area contributed by atoms with Gasteiger partial charge in [-0.1, -0.05) is 53.8 Å². The van der Waals surface area contributed by atoms with E-state index in [0.29, 0.717) is 28.5 Å². The Balaban J connectivity index is 1.46. The molecule has 194 valence electrons. The van der Waals surface area contributed by atoms with Crippen molar-refractivity contribution < 1.29 is 23.1 Å². The van der Waals surface area contributed by atoms with E-state index in [2.05, 4.69) is 4.98 Å². The number of aromatic nitrogens is 1. The number of hydrogen-bond donors (Lipinski definition) is 0. The molecule has 0 radical (unpaired) electrons. The van der Waals surface area contributed by atoms with Crippen LogP contribution in [-0.4, -0.2) is 16.7 Å². The predicted octanol–water partition coefficient (Wildman–Crippen LogP) is 6.23. The lowest BCUT2D eigenvalue weighted by Crippen LogP contribution is -2.29. The molecule has 9 heteroatoms. The molecular weight excluding hydrogens is 519 g/mol. The summed E-state index contributed by atoms with van der Waals surface area (Å²) in [5.41, 5.74) is 1.80. The van der Waals surface area contributed by atoms with Crippen LogP contribution in [0.2, 0.25) is 0 Å². The van der Waals surface area contributed by atoms with Crippen molar-refractivity contribution in [1.29, 1.82) is 0 Å². The summed E-state index contributed by atoms with van der Waals surface area (Å²) in [4.78, 5) is 45.8. The number of halogens is 1. The topological polar surface area (TPSA) is 89.7 Å². The number of benzene rings is 3. The zero-order valence-corrected chi connectivity index (χ0v) is 21.8. The molecule has 1 aliphatic heterocycles. The third-order valence-electron chi connectivity index (χ3n) is 6.59. The SMILES string of the molecule is CC(=O)c1sc(N2C(=O)c3oc4ccc(F)cc4c(=O)c3C2c2ccc(OCc3ccccc3)cc2)nc1C. The molecule has 1 atom stereocenters. The van der Waals surface area contributed by atoms with E-state index in [4.69, 9.17) is 9.15 Å². The highest BCUT2D eigenvalue weighted by molar-refractivity contribution is 7.17. The van der Waals surface area contributed by atoms with Crippen LogP contribution in [0.4, 0.5) is 9.52 Å². The van der Waals surface area contributed by atoms with E-state index < -0.39 is 23.2 Å². The highest BCUT2D eigenvalue weighted by Gasteiger charge is 2.45. The minimum absolute atomic E-state index is 0.0379. The second-order valence-corrected chi connectivity index (χ2v) is 10.2. The van der Waals surface area contributed by atoms with Crippen LogP contribution in [0.15, 0.2) is 82.0 Å². The molecule has 1 aliphatic rings. The Bertz CT molecular complexity index is 1810. The summed E-state index contributed by atoms with van der Waals surface area (Å²) in [6, 6.07) is 19.5. The van der Waals surface area contributed by atoms with Gasteiger partial charge >= 0.3 is 0 Å². The van der Waals surface area contributed by atoms with Crippen molar-refractivity contribution in [1.82, 2.24) is 4.98 Å². The molecule has 5 aromatic rings. The lowest BCUT2D eigenvalue weighted by molar-refractivity contribution is 0.0969. The van der Waals surface area contributed by atoms with Crippen molar-refractivity contribution in [2.45, 2.75) is 26.5 Å². The van der Waals surface area contributed by atoms with Gasteiger partial charge < -0.3 is 9.15 Å². The summed E-state index contributed by atoms with van der Waals surface area (Å²) in [7, 11) is 0. The first-order chi connectivity index (χ1) is 18.8. The molecule has 3 heterocycles. The van der Waals surface area contributed by atoms with Crippen LogP contribution in [-0.2, 0) is 6.61 Å². The fourth-order valence-corrected chi connectivity index (χ4v) is 5.75. The fraction of sp³-hybridized carbons (Fsp3) is 0.133. The molecule has 0 saturated heterocycles. The van der Waals surface area contributed by atoms with Crippen molar-refractivity contribution in [2.24, 2.45) is 0 Å². The maximum absolute atomic E-state index is 14.1. The molecule has 0 bridgehead atoms. The van der Waals surface area contributed by atoms with Crippen LogP contribution in [0.3, 0.4) is 0 Å². The molecule has 6 rings (SSSR count). The van der Waals surface area contributed by atoms with Crippen LogP contribution in [0.25, 0.3) is 11.0 Å². The number of hydrogen-bond acceptors (Lipinski definition) is 7. The Morgan fingerprint density at radius 2 is 1.82 bits per heavy atom. The van der Waals surface area contributed by atoms with Gasteiger partial charge in [0.25, 0.3) is 5.91 Å². The predicted molar refractivity (Wildman–Crippen MR) is 145 cm³/mol. The summed E-state index contributed by atoms with van der Waals surface area (Å²) in [5, 5.41) is 0.300. The van der Waals surface area contributed by atoms with Crippen molar-refractivity contribution in [3.63, 3.8) is 0 Å². The molecule has 0 saturated carbocycles. The molecule has 7 nitrogen and oxygen atoms in total. The fourth-order valence-electron chi connectivity index (χ4n) is 4.76. The molecule has 2 aromatic heterocycles. The zero-order chi connectivity index (χ0) is 27.3. The van der Waals surface area contributed by atoms with Crippen LogP contribution >= 0.6 is 11.3 Å². The molecule has 0 spiro atoms. The number of carbonyl (C=O) groups excluding carboxylic acids is 2. The summed E-state index contributed by atoms with van der Waals surface area (Å²) in [6.07, 6.45) is 0. The van der Waals surface area contributed by atoms with Gasteiger partial charge in [-0.25, -0.2) is 9.37 Å². The van der Waals surface area contributed by atoms with Gasteiger partial charge in [-0.05, 0) is 48.4 Å². The van der Waals surface area contributed by atoms with Gasteiger partial charge in [0.2, 0.25) is 5.76 Å². The van der Waals surface area contributed by atoms with Gasteiger partial charge in [-0.2, -0.15) is 0 Å². The van der Waals surface area contributed by atoms with Gasteiger partial charge in [0.05, 0.1) is 27.6 Å². The Hall–Kier alpha value is -4.63. The zero-order valence-electron chi connectivity index (χ0n) is 20.9. The largest absolute Gasteiger partial charge is 0.489 e. The third-order valence-corrected chi connectivity index (χ3v) is 7.85. The summed E-state index contributed by atoms with van der Waals surface area (Å²) >= 11 is 1.08. The second-order valence-electron chi connectivity index (χ2n) is 9.20. The van der Waals surface area contributed by atoms with Crippen molar-refractivity contribution in [3.8, 4) is 5.75 Å². The van der Waals surface area contributed by atoms with Gasteiger partial charge in [0.1, 0.15) is 23.8 Å². The number of amides is 1. The number of fused-ring (bicyclic) bond motifs is 2. The number of carbonyl (C=O) groups is 2. The Labute approximate surface area is 226 Å². The van der Waals surface area contributed by atoms with Crippen LogP contribution in [0, 0.1) is 12.7 Å². The van der Waals surface area contributed by atoms with Crippen LogP contribution < -0.4 is 15.1 Å². The van der Waals surface area contributed by atoms with Crippen LogP contribution in [0.5, 0.6) is 5.75 Å². The van der Waals surface area contributed by atoms with Gasteiger partial charge in [-0.3, -0.25) is 19.3 Å². The molecule has 39 heavy (non-hydrogen) atoms. The van der Waals surface area contributed by atoms with Crippen molar-refractivity contribution in [2.75, 3.05) is 4.90 Å². The van der Waals surface area contributed by atoms with Crippen LogP contribution in [0.1, 0.15) is 55.6 Å². The first kappa shape index (κ1) is 24.7. The molecule has 1 unspecified atom stereocenters. The minimum Gasteiger partial charge on any atom is -0.489 e. The first-order valence-electron chi connectivity index (χ1n) is 12.2. The van der Waals surface area contributed by atoms with E-state index >= 15 is 0 Å². The highest BCUT2D eigenvalue weighted by Crippen LogP contribution is 2.43. The lowest BCUT2D eigenvalue weighted by Gasteiger charge is -2.22. The maximum atomic E-state index is 14.1. The number of Topliss-reactive ketones (excluding diaryl/α,β-unsaturated/α-hetero) is 1. The quantitative estimate of drug-likeness (QED) is 0.237. The summed E-state index contributed by atoms with van der Waals surface area (Å²) < 4.78 is 25.8. The van der Waals surface area contributed by atoms with Gasteiger partial charge in [-0.15, -0.1) is 0 Å². The lowest BCUT2D eigenvalue weighted by atomic mass is 9.98.